The third-order valence-electron chi connectivity index (χ3n) is 0.850. The van der Waals surface area contributed by atoms with E-state index in [-0.39, 0.29) is 0 Å². The van der Waals surface area contributed by atoms with Gasteiger partial charge in [0.2, 0.25) is 6.41 Å². The summed E-state index contributed by atoms with van der Waals surface area (Å²) in [6, 6.07) is 0. The fourth-order valence-electron chi connectivity index (χ4n) is 0.471. The van der Waals surface area contributed by atoms with E-state index < -0.39 is 0 Å². The first-order valence-corrected chi connectivity index (χ1v) is 2.47. The Morgan fingerprint density at radius 3 is 3.33 bits per heavy atom. The van der Waals surface area contributed by atoms with E-state index in [2.05, 4.69) is 14.7 Å². The molecule has 0 bridgehead atoms. The Morgan fingerprint density at radius 2 is 2.78 bits per heavy atom. The molecule has 0 fully saturated rings. The number of hydrogen-bond donors (Lipinski definition) is 1. The summed E-state index contributed by atoms with van der Waals surface area (Å²) >= 11 is 0. The minimum atomic E-state index is 0.431. The molecule has 0 saturated heterocycles. The highest BCUT2D eigenvalue weighted by Gasteiger charge is 1.90. The van der Waals surface area contributed by atoms with Gasteiger partial charge in [-0.15, -0.1) is 0 Å². The number of carbonyl (C=O) groups excluding carboxylic acids is 1. The molecule has 48 valence electrons. The predicted molar refractivity (Wildman–Crippen MR) is 29.4 cm³/mol. The lowest BCUT2D eigenvalue weighted by molar-refractivity contribution is -0.109. The van der Waals surface area contributed by atoms with Crippen LogP contribution in [-0.4, -0.2) is 11.4 Å². The van der Waals surface area contributed by atoms with Gasteiger partial charge in [0.05, 0.1) is 12.2 Å². The summed E-state index contributed by atoms with van der Waals surface area (Å²) in [5.74, 6) is 0. The van der Waals surface area contributed by atoms with Gasteiger partial charge in [-0.1, -0.05) is 0 Å². The van der Waals surface area contributed by atoms with E-state index in [1.807, 2.05) is 0 Å². The minimum absolute atomic E-state index is 0.431. The van der Waals surface area contributed by atoms with Gasteiger partial charge in [-0.3, -0.25) is 4.79 Å². The van der Waals surface area contributed by atoms with Gasteiger partial charge in [-0.25, -0.2) is 4.98 Å². The molecular weight excluding hydrogens is 120 g/mol. The number of oxazole rings is 1. The lowest BCUT2D eigenvalue weighted by atomic mass is 10.5. The van der Waals surface area contributed by atoms with E-state index in [0.717, 1.165) is 5.69 Å². The molecule has 0 aliphatic rings. The van der Waals surface area contributed by atoms with Crippen LogP contribution < -0.4 is 5.32 Å². The van der Waals surface area contributed by atoms with E-state index in [1.54, 1.807) is 0 Å². The lowest BCUT2D eigenvalue weighted by Crippen LogP contribution is -2.09. The second kappa shape index (κ2) is 2.86. The van der Waals surface area contributed by atoms with Crippen LogP contribution >= 0.6 is 0 Å². The largest absolute Gasteiger partial charge is 0.451 e. The van der Waals surface area contributed by atoms with Crippen molar-refractivity contribution in [2.45, 2.75) is 6.54 Å². The summed E-state index contributed by atoms with van der Waals surface area (Å²) in [5, 5.41) is 2.45. The molecule has 0 spiro atoms. The molecule has 4 nitrogen and oxygen atoms in total. The third-order valence-corrected chi connectivity index (χ3v) is 0.850. The number of amides is 1. The fraction of sp³-hybridized carbons (Fsp3) is 0.200. The zero-order valence-corrected chi connectivity index (χ0v) is 4.70. The fourth-order valence-corrected chi connectivity index (χ4v) is 0.471. The van der Waals surface area contributed by atoms with E-state index in [0.29, 0.717) is 13.0 Å². The summed E-state index contributed by atoms with van der Waals surface area (Å²) in [4.78, 5) is 13.5. The molecule has 4 heteroatoms. The van der Waals surface area contributed by atoms with Gasteiger partial charge in [0.15, 0.2) is 6.39 Å². The van der Waals surface area contributed by atoms with Crippen molar-refractivity contribution in [2.75, 3.05) is 0 Å². The molecule has 1 amide bonds. The van der Waals surface area contributed by atoms with Crippen LogP contribution in [0.1, 0.15) is 5.69 Å². The van der Waals surface area contributed by atoms with Crippen LogP contribution in [0, 0.1) is 0 Å². The highest BCUT2D eigenvalue weighted by molar-refractivity contribution is 5.45. The Bertz CT molecular complexity index is 171. The normalized spacial score (nSPS) is 8.89. The number of aromatic nitrogens is 1. The second-order valence-electron chi connectivity index (χ2n) is 1.48. The topological polar surface area (TPSA) is 55.1 Å². The first kappa shape index (κ1) is 5.81. The Morgan fingerprint density at radius 1 is 1.89 bits per heavy atom. The first-order chi connectivity index (χ1) is 4.43. The average Bonchev–Trinajstić information content (AvgIpc) is 2.34. The quantitative estimate of drug-likeness (QED) is 0.576. The van der Waals surface area contributed by atoms with E-state index in [9.17, 15) is 4.79 Å². The van der Waals surface area contributed by atoms with E-state index >= 15 is 0 Å². The monoisotopic (exact) mass is 126 g/mol. The summed E-state index contributed by atoms with van der Waals surface area (Å²) in [5.41, 5.74) is 0.724. The molecule has 1 rings (SSSR count). The van der Waals surface area contributed by atoms with Crippen LogP contribution in [0.15, 0.2) is 17.1 Å². The maximum absolute atomic E-state index is 9.73. The zero-order chi connectivity index (χ0) is 6.53. The molecule has 0 unspecified atom stereocenters. The van der Waals surface area contributed by atoms with Crippen molar-refractivity contribution in [2.24, 2.45) is 0 Å². The van der Waals surface area contributed by atoms with Gasteiger partial charge in [-0.05, 0) is 0 Å². The molecule has 0 aliphatic carbocycles. The van der Waals surface area contributed by atoms with Crippen LogP contribution in [0.25, 0.3) is 0 Å². The SMILES string of the molecule is O=CNCc1cocn1. The van der Waals surface area contributed by atoms with Crippen molar-refractivity contribution in [3.05, 3.63) is 18.4 Å². The van der Waals surface area contributed by atoms with Crippen molar-refractivity contribution < 1.29 is 9.21 Å². The maximum atomic E-state index is 9.73. The Balaban J connectivity index is 2.38. The summed E-state index contributed by atoms with van der Waals surface area (Å²) < 4.78 is 4.64. The van der Waals surface area contributed by atoms with Crippen LogP contribution in [0.3, 0.4) is 0 Å². The Kier molecular flexibility index (Phi) is 1.85. The highest BCUT2D eigenvalue weighted by atomic mass is 16.3. The van der Waals surface area contributed by atoms with Crippen molar-refractivity contribution in [1.29, 1.82) is 0 Å². The number of nitrogens with one attached hydrogen (secondary N) is 1. The zero-order valence-electron chi connectivity index (χ0n) is 4.70. The van der Waals surface area contributed by atoms with Crippen LogP contribution in [-0.2, 0) is 11.3 Å². The first-order valence-electron chi connectivity index (χ1n) is 2.47. The van der Waals surface area contributed by atoms with Crippen LogP contribution in [0.4, 0.5) is 0 Å². The van der Waals surface area contributed by atoms with Gasteiger partial charge in [0.1, 0.15) is 6.26 Å². The van der Waals surface area contributed by atoms with Gasteiger partial charge in [0.25, 0.3) is 0 Å². The smallest absolute Gasteiger partial charge is 0.207 e. The van der Waals surface area contributed by atoms with E-state index in [4.69, 9.17) is 0 Å². The lowest BCUT2D eigenvalue weighted by Gasteiger charge is -1.88. The van der Waals surface area contributed by atoms with Crippen LogP contribution in [0.2, 0.25) is 0 Å². The molecule has 0 atom stereocenters. The molecule has 9 heavy (non-hydrogen) atoms. The minimum Gasteiger partial charge on any atom is -0.451 e. The van der Waals surface area contributed by atoms with Gasteiger partial charge < -0.3 is 9.73 Å². The van der Waals surface area contributed by atoms with Crippen molar-refractivity contribution >= 4 is 6.41 Å². The van der Waals surface area contributed by atoms with Gasteiger partial charge in [0, 0.05) is 0 Å². The number of nitrogens with zero attached hydrogens (tertiary/aromatic N) is 1. The highest BCUT2D eigenvalue weighted by Crippen LogP contribution is 1.90. The molecule has 0 aliphatic heterocycles. The summed E-state index contributed by atoms with van der Waals surface area (Å²) in [7, 11) is 0. The molecule has 1 heterocycles. The van der Waals surface area contributed by atoms with E-state index in [1.165, 1.54) is 12.7 Å². The van der Waals surface area contributed by atoms with Crippen molar-refractivity contribution in [3.63, 3.8) is 0 Å². The number of carbonyl (C=O) groups is 1. The molecule has 0 aromatic carbocycles. The molecule has 1 aromatic rings. The predicted octanol–water partition coefficient (Wildman–Crippen LogP) is -0.0794. The van der Waals surface area contributed by atoms with Crippen LogP contribution in [0.5, 0.6) is 0 Å². The Hall–Kier alpha value is -1.32. The molecule has 1 N–H and O–H groups in total. The number of rotatable bonds is 3. The maximum Gasteiger partial charge on any atom is 0.207 e. The Labute approximate surface area is 51.9 Å². The molecule has 0 radical (unpaired) electrons. The van der Waals surface area contributed by atoms with Crippen molar-refractivity contribution in [1.82, 2.24) is 10.3 Å². The molecular formula is C5H6N2O2. The standard InChI is InChI=1S/C5H6N2O2/c8-3-6-1-5-2-9-4-7-5/h2-4H,1H2,(H,6,8). The summed E-state index contributed by atoms with van der Waals surface area (Å²) in [6.07, 6.45) is 3.42. The number of hydrogen-bond acceptors (Lipinski definition) is 3. The third kappa shape index (κ3) is 1.56. The molecule has 0 saturated carbocycles. The second-order valence-corrected chi connectivity index (χ2v) is 1.48. The summed E-state index contributed by atoms with van der Waals surface area (Å²) in [6.45, 7) is 0.431. The van der Waals surface area contributed by atoms with Gasteiger partial charge >= 0.3 is 0 Å². The molecule has 1 aromatic heterocycles. The van der Waals surface area contributed by atoms with Crippen molar-refractivity contribution in [3.8, 4) is 0 Å². The van der Waals surface area contributed by atoms with Gasteiger partial charge in [-0.2, -0.15) is 0 Å². The average molecular weight is 126 g/mol.